The van der Waals surface area contributed by atoms with Gasteiger partial charge in [0.1, 0.15) is 0 Å². The number of ether oxygens (including phenoxy) is 1. The molecule has 0 N–H and O–H groups in total. The summed E-state index contributed by atoms with van der Waals surface area (Å²) in [5.74, 6) is 0.987. The van der Waals surface area contributed by atoms with E-state index < -0.39 is 0 Å². The molecule has 0 aromatic carbocycles. The van der Waals surface area contributed by atoms with Crippen LogP contribution in [0.2, 0.25) is 0 Å². The van der Waals surface area contributed by atoms with Crippen molar-refractivity contribution < 1.29 is 9.53 Å². The molecule has 4 rings (SSSR count). The van der Waals surface area contributed by atoms with Gasteiger partial charge in [0.05, 0.1) is 6.61 Å². The minimum Gasteiger partial charge on any atom is -0.383 e. The smallest absolute Gasteiger partial charge is 0.223 e. The molecule has 2 unspecified atom stereocenters. The third kappa shape index (κ3) is 5.92. The summed E-state index contributed by atoms with van der Waals surface area (Å²) in [4.78, 5) is 18.6. The summed E-state index contributed by atoms with van der Waals surface area (Å²) < 4.78 is 7.70. The van der Waals surface area contributed by atoms with E-state index in [1.165, 1.54) is 77.3 Å². The first kappa shape index (κ1) is 22.8. The molecule has 1 aromatic rings. The number of rotatable bonds is 9. The van der Waals surface area contributed by atoms with Crippen LogP contribution in [0, 0.1) is 11.3 Å². The van der Waals surface area contributed by atoms with E-state index in [1.54, 1.807) is 7.11 Å². The molecule has 174 valence electrons. The van der Waals surface area contributed by atoms with Crippen LogP contribution in [0.5, 0.6) is 0 Å². The summed E-state index contributed by atoms with van der Waals surface area (Å²) in [6, 6.07) is 4.88. The number of amides is 1. The monoisotopic (exact) mass is 429 g/mol. The van der Waals surface area contributed by atoms with Gasteiger partial charge in [0.15, 0.2) is 0 Å². The number of methoxy groups -OCH3 is 1. The van der Waals surface area contributed by atoms with Gasteiger partial charge in [-0.05, 0) is 75.1 Å². The molecule has 3 heterocycles. The van der Waals surface area contributed by atoms with Crippen molar-refractivity contribution in [3.63, 3.8) is 0 Å². The number of fused-ring (bicyclic) bond motifs is 1. The largest absolute Gasteiger partial charge is 0.383 e. The lowest BCUT2D eigenvalue weighted by atomic mass is 9.71. The van der Waals surface area contributed by atoms with Gasteiger partial charge in [-0.3, -0.25) is 4.79 Å². The van der Waals surface area contributed by atoms with Gasteiger partial charge >= 0.3 is 0 Å². The second-order valence-electron chi connectivity index (χ2n) is 10.4. The molecule has 1 amide bonds. The SMILES string of the molecule is COCCN(CC1CCCN2CCCCC12)C(=O)CC1(Cn2cccc2)CCCCC1. The van der Waals surface area contributed by atoms with Gasteiger partial charge in [-0.2, -0.15) is 0 Å². The molecule has 2 atom stereocenters. The Labute approximate surface area is 189 Å². The fourth-order valence-electron chi connectivity index (χ4n) is 6.58. The van der Waals surface area contributed by atoms with Gasteiger partial charge in [0.25, 0.3) is 0 Å². The Kier molecular flexibility index (Phi) is 8.11. The van der Waals surface area contributed by atoms with E-state index in [4.69, 9.17) is 4.74 Å². The fourth-order valence-corrected chi connectivity index (χ4v) is 6.58. The van der Waals surface area contributed by atoms with E-state index in [9.17, 15) is 4.79 Å². The van der Waals surface area contributed by atoms with Crippen LogP contribution >= 0.6 is 0 Å². The van der Waals surface area contributed by atoms with Crippen molar-refractivity contribution >= 4 is 5.91 Å². The molecule has 3 aliphatic rings. The highest BCUT2D eigenvalue weighted by molar-refractivity contribution is 5.77. The molecule has 0 radical (unpaired) electrons. The van der Waals surface area contributed by atoms with Crippen LogP contribution in [0.3, 0.4) is 0 Å². The molecule has 1 saturated carbocycles. The Morgan fingerprint density at radius 3 is 2.58 bits per heavy atom. The van der Waals surface area contributed by atoms with Crippen LogP contribution in [-0.2, 0) is 16.1 Å². The molecular weight excluding hydrogens is 386 g/mol. The van der Waals surface area contributed by atoms with Crippen LogP contribution in [0.15, 0.2) is 24.5 Å². The summed E-state index contributed by atoms with van der Waals surface area (Å²) in [5.41, 5.74) is 0.114. The first-order valence-electron chi connectivity index (χ1n) is 12.8. The quantitative estimate of drug-likeness (QED) is 0.577. The highest BCUT2D eigenvalue weighted by Crippen LogP contribution is 2.41. The van der Waals surface area contributed by atoms with Crippen LogP contribution in [0.1, 0.15) is 70.6 Å². The van der Waals surface area contributed by atoms with Gasteiger partial charge in [-0.15, -0.1) is 0 Å². The summed E-state index contributed by atoms with van der Waals surface area (Å²) in [7, 11) is 1.75. The Morgan fingerprint density at radius 2 is 1.81 bits per heavy atom. The second-order valence-corrected chi connectivity index (χ2v) is 10.4. The van der Waals surface area contributed by atoms with E-state index in [-0.39, 0.29) is 5.41 Å². The van der Waals surface area contributed by atoms with Crippen LogP contribution in [-0.4, -0.2) is 66.2 Å². The molecule has 5 nitrogen and oxygen atoms in total. The van der Waals surface area contributed by atoms with Gasteiger partial charge in [-0.1, -0.05) is 25.7 Å². The highest BCUT2D eigenvalue weighted by atomic mass is 16.5. The average Bonchev–Trinajstić information content (AvgIpc) is 3.30. The Balaban J connectivity index is 1.44. The number of hydrogen-bond acceptors (Lipinski definition) is 3. The molecule has 5 heteroatoms. The maximum atomic E-state index is 13.7. The number of hydrogen-bond donors (Lipinski definition) is 0. The summed E-state index contributed by atoms with van der Waals surface area (Å²) in [5, 5.41) is 0. The topological polar surface area (TPSA) is 37.7 Å². The average molecular weight is 430 g/mol. The molecular formula is C26H43N3O2. The van der Waals surface area contributed by atoms with Gasteiger partial charge < -0.3 is 19.1 Å². The zero-order valence-corrected chi connectivity index (χ0v) is 19.6. The zero-order valence-electron chi connectivity index (χ0n) is 19.6. The normalized spacial score (nSPS) is 26.4. The van der Waals surface area contributed by atoms with E-state index in [0.29, 0.717) is 30.9 Å². The zero-order chi connectivity index (χ0) is 21.5. The van der Waals surface area contributed by atoms with Gasteiger partial charge in [0, 0.05) is 51.6 Å². The number of piperidine rings is 2. The second kappa shape index (κ2) is 11.0. The number of nitrogens with zero attached hydrogens (tertiary/aromatic N) is 3. The van der Waals surface area contributed by atoms with Gasteiger partial charge in [-0.25, -0.2) is 0 Å². The fraction of sp³-hybridized carbons (Fsp3) is 0.808. The lowest BCUT2D eigenvalue weighted by molar-refractivity contribution is -0.136. The van der Waals surface area contributed by atoms with Crippen molar-refractivity contribution in [1.29, 1.82) is 0 Å². The maximum absolute atomic E-state index is 13.7. The van der Waals surface area contributed by atoms with Crippen molar-refractivity contribution in [2.75, 3.05) is 39.9 Å². The van der Waals surface area contributed by atoms with Crippen LogP contribution < -0.4 is 0 Å². The Morgan fingerprint density at radius 1 is 1.03 bits per heavy atom. The van der Waals surface area contributed by atoms with Gasteiger partial charge in [0.2, 0.25) is 5.91 Å². The predicted octanol–water partition coefficient (Wildman–Crippen LogP) is 4.57. The lowest BCUT2D eigenvalue weighted by Crippen LogP contribution is -2.52. The first-order valence-corrected chi connectivity index (χ1v) is 12.8. The molecule has 0 spiro atoms. The minimum absolute atomic E-state index is 0.114. The van der Waals surface area contributed by atoms with E-state index in [2.05, 4.69) is 38.9 Å². The van der Waals surface area contributed by atoms with Crippen LogP contribution in [0.25, 0.3) is 0 Å². The Bertz CT molecular complexity index is 666. The first-order chi connectivity index (χ1) is 15.2. The van der Waals surface area contributed by atoms with Crippen molar-refractivity contribution in [3.8, 4) is 0 Å². The molecule has 1 aliphatic carbocycles. The summed E-state index contributed by atoms with van der Waals surface area (Å²) >= 11 is 0. The van der Waals surface area contributed by atoms with Crippen LogP contribution in [0.4, 0.5) is 0 Å². The van der Waals surface area contributed by atoms with Crippen molar-refractivity contribution in [2.24, 2.45) is 11.3 Å². The van der Waals surface area contributed by atoms with E-state index in [0.717, 1.165) is 19.6 Å². The molecule has 31 heavy (non-hydrogen) atoms. The van der Waals surface area contributed by atoms with Crippen molar-refractivity contribution in [2.45, 2.75) is 83.2 Å². The maximum Gasteiger partial charge on any atom is 0.223 e. The van der Waals surface area contributed by atoms with E-state index in [1.807, 2.05) is 0 Å². The standard InChI is InChI=1S/C26H43N3O2/c1-31-19-18-29(21-23-10-9-17-28-16-6-3-11-24(23)28)25(30)20-26(12-4-2-5-13-26)22-27-14-7-8-15-27/h7-8,14-15,23-24H,2-6,9-13,16-22H2,1H3. The van der Waals surface area contributed by atoms with Crippen molar-refractivity contribution in [1.82, 2.24) is 14.4 Å². The number of aromatic nitrogens is 1. The third-order valence-electron chi connectivity index (χ3n) is 8.23. The summed E-state index contributed by atoms with van der Waals surface area (Å²) in [6.07, 6.45) is 17.7. The summed E-state index contributed by atoms with van der Waals surface area (Å²) in [6.45, 7) is 5.78. The molecule has 0 bridgehead atoms. The third-order valence-corrected chi connectivity index (χ3v) is 8.23. The Hall–Kier alpha value is -1.33. The number of carbonyl (C=O) groups excluding carboxylic acids is 1. The highest BCUT2D eigenvalue weighted by Gasteiger charge is 2.38. The minimum atomic E-state index is 0.114. The lowest BCUT2D eigenvalue weighted by Gasteiger charge is -2.46. The molecule has 1 aromatic heterocycles. The van der Waals surface area contributed by atoms with E-state index >= 15 is 0 Å². The van der Waals surface area contributed by atoms with Crippen molar-refractivity contribution in [3.05, 3.63) is 24.5 Å². The molecule has 2 saturated heterocycles. The molecule has 3 fully saturated rings. The number of carbonyl (C=O) groups is 1. The predicted molar refractivity (Wildman–Crippen MR) is 125 cm³/mol. The molecule has 2 aliphatic heterocycles.